The molecule has 1 N–H and O–H groups in total. The molecule has 0 spiro atoms. The normalized spacial score (nSPS) is 11.3. The van der Waals surface area contributed by atoms with Crippen LogP contribution in [-0.2, 0) is 10.3 Å². The molecule has 0 aliphatic heterocycles. The summed E-state index contributed by atoms with van der Waals surface area (Å²) in [5.74, 6) is 0.483. The van der Waals surface area contributed by atoms with E-state index in [-0.39, 0.29) is 11.5 Å². The summed E-state index contributed by atoms with van der Waals surface area (Å²) < 4.78 is 6.97. The van der Waals surface area contributed by atoms with Crippen LogP contribution in [0.2, 0.25) is 0 Å². The van der Waals surface area contributed by atoms with Crippen molar-refractivity contribution in [1.29, 1.82) is 0 Å². The summed E-state index contributed by atoms with van der Waals surface area (Å²) in [7, 11) is 0. The van der Waals surface area contributed by atoms with Crippen LogP contribution in [0.15, 0.2) is 52.6 Å². The van der Waals surface area contributed by atoms with E-state index in [0.29, 0.717) is 18.8 Å². The van der Waals surface area contributed by atoms with Crippen molar-refractivity contribution in [2.24, 2.45) is 0 Å². The molecule has 3 rings (SSSR count). The van der Waals surface area contributed by atoms with E-state index in [0.717, 1.165) is 21.8 Å². The summed E-state index contributed by atoms with van der Waals surface area (Å²) >= 11 is 1.53. The van der Waals surface area contributed by atoms with Crippen molar-refractivity contribution < 1.29 is 9.53 Å². The van der Waals surface area contributed by atoms with Crippen LogP contribution in [0.25, 0.3) is 10.6 Å². The second-order valence-corrected chi connectivity index (χ2v) is 8.38. The van der Waals surface area contributed by atoms with E-state index in [1.807, 2.05) is 43.5 Å². The molecule has 152 valence electrons. The first-order valence-electron chi connectivity index (χ1n) is 9.41. The molecule has 0 aliphatic rings. The Bertz CT molecular complexity index is 1040. The van der Waals surface area contributed by atoms with Gasteiger partial charge in [0.15, 0.2) is 0 Å². The topological polar surface area (TPSA) is 73.2 Å². The molecule has 1 amide bonds. The number of nitrogens with zero attached hydrogens (tertiary/aromatic N) is 2. The van der Waals surface area contributed by atoms with Gasteiger partial charge in [0.05, 0.1) is 11.4 Å². The average molecular weight is 412 g/mol. The number of rotatable bonds is 7. The fourth-order valence-corrected chi connectivity index (χ4v) is 3.72. The zero-order valence-corrected chi connectivity index (χ0v) is 17.9. The fraction of sp³-hybridized carbons (Fsp3) is 0.318. The summed E-state index contributed by atoms with van der Waals surface area (Å²) in [5, 5.41) is 9.21. The third-order valence-corrected chi connectivity index (χ3v) is 5.40. The molecule has 6 nitrogen and oxygen atoms in total. The van der Waals surface area contributed by atoms with Crippen LogP contribution in [0.4, 0.5) is 0 Å². The monoisotopic (exact) mass is 411 g/mol. The van der Waals surface area contributed by atoms with Crippen LogP contribution in [0.3, 0.4) is 0 Å². The number of carbonyl (C=O) groups excluding carboxylic acids is 1. The highest BCUT2D eigenvalue weighted by Gasteiger charge is 2.32. The second kappa shape index (κ2) is 8.61. The Labute approximate surface area is 174 Å². The minimum absolute atomic E-state index is 0.292. The number of ether oxygens (including phenoxy) is 1. The molecular weight excluding hydrogens is 386 g/mol. The number of aromatic nitrogens is 2. The van der Waals surface area contributed by atoms with Crippen molar-refractivity contribution >= 4 is 17.2 Å². The number of benzene rings is 1. The van der Waals surface area contributed by atoms with Crippen molar-refractivity contribution in [3.05, 3.63) is 69.3 Å². The van der Waals surface area contributed by atoms with Crippen LogP contribution >= 0.6 is 11.3 Å². The number of carbonyl (C=O) groups is 1. The van der Waals surface area contributed by atoms with Gasteiger partial charge in [0, 0.05) is 6.07 Å². The van der Waals surface area contributed by atoms with Gasteiger partial charge in [-0.3, -0.25) is 9.59 Å². The quantitative estimate of drug-likeness (QED) is 0.604. The van der Waals surface area contributed by atoms with Crippen LogP contribution in [0, 0.1) is 13.8 Å². The summed E-state index contributed by atoms with van der Waals surface area (Å²) in [5.41, 5.74) is 1.46. The number of thiophene rings is 1. The van der Waals surface area contributed by atoms with Gasteiger partial charge < -0.3 is 10.1 Å². The number of amides is 1. The van der Waals surface area contributed by atoms with Gasteiger partial charge in [0.25, 0.3) is 5.56 Å². The molecule has 0 radical (unpaired) electrons. The maximum absolute atomic E-state index is 12.8. The molecule has 0 bridgehead atoms. The Morgan fingerprint density at radius 3 is 2.55 bits per heavy atom. The third kappa shape index (κ3) is 4.92. The highest BCUT2D eigenvalue weighted by atomic mass is 32.1. The van der Waals surface area contributed by atoms with Crippen molar-refractivity contribution in [1.82, 2.24) is 15.1 Å². The number of hydrogen-bond donors (Lipinski definition) is 1. The Kier molecular flexibility index (Phi) is 6.17. The summed E-state index contributed by atoms with van der Waals surface area (Å²) in [4.78, 5) is 26.1. The van der Waals surface area contributed by atoms with Crippen molar-refractivity contribution in [3.8, 4) is 16.3 Å². The van der Waals surface area contributed by atoms with Gasteiger partial charge in [0.2, 0.25) is 5.91 Å². The Morgan fingerprint density at radius 2 is 1.90 bits per heavy atom. The summed E-state index contributed by atoms with van der Waals surface area (Å²) in [6.07, 6.45) is 0. The lowest BCUT2D eigenvalue weighted by Crippen LogP contribution is -2.50. The van der Waals surface area contributed by atoms with E-state index >= 15 is 0 Å². The first kappa shape index (κ1) is 20.8. The van der Waals surface area contributed by atoms with E-state index in [1.54, 1.807) is 19.9 Å². The maximum atomic E-state index is 12.8. The molecule has 0 saturated carbocycles. The van der Waals surface area contributed by atoms with Gasteiger partial charge >= 0.3 is 0 Å². The smallest absolute Gasteiger partial charge is 0.267 e. The highest BCUT2D eigenvalue weighted by Crippen LogP contribution is 2.22. The molecule has 0 saturated heterocycles. The molecule has 1 aromatic carbocycles. The van der Waals surface area contributed by atoms with E-state index < -0.39 is 5.54 Å². The average Bonchev–Trinajstić information content (AvgIpc) is 3.19. The number of hydrogen-bond acceptors (Lipinski definition) is 5. The van der Waals surface area contributed by atoms with Crippen LogP contribution in [0.5, 0.6) is 5.75 Å². The van der Waals surface area contributed by atoms with Gasteiger partial charge in [-0.2, -0.15) is 5.10 Å². The van der Waals surface area contributed by atoms with E-state index in [1.165, 1.54) is 22.1 Å². The van der Waals surface area contributed by atoms with Gasteiger partial charge in [-0.05, 0) is 68.5 Å². The summed E-state index contributed by atoms with van der Waals surface area (Å²) in [6, 6.07) is 13.0. The lowest BCUT2D eigenvalue weighted by atomic mass is 10.0. The molecule has 0 atom stereocenters. The van der Waals surface area contributed by atoms with Crippen molar-refractivity contribution in [3.63, 3.8) is 0 Å². The predicted molar refractivity (Wildman–Crippen MR) is 116 cm³/mol. The molecule has 2 heterocycles. The standard InChI is InChI=1S/C22H25N3O3S/c1-15-12-16(2)14-17(13-15)28-10-9-23-21(27)22(3,4)25-20(26)8-7-18(24-25)19-6-5-11-29-19/h5-8,11-14H,9-10H2,1-4H3,(H,23,27). The Morgan fingerprint density at radius 1 is 1.17 bits per heavy atom. The first-order valence-corrected chi connectivity index (χ1v) is 10.3. The van der Waals surface area contributed by atoms with Gasteiger partial charge in [0.1, 0.15) is 23.6 Å². The van der Waals surface area contributed by atoms with Crippen LogP contribution in [0.1, 0.15) is 25.0 Å². The maximum Gasteiger partial charge on any atom is 0.267 e. The molecule has 7 heteroatoms. The SMILES string of the molecule is Cc1cc(C)cc(OCCNC(=O)C(C)(C)n2nc(-c3cccs3)ccc2=O)c1. The zero-order chi connectivity index (χ0) is 21.0. The first-order chi connectivity index (χ1) is 13.8. The van der Waals surface area contributed by atoms with E-state index in [9.17, 15) is 9.59 Å². The van der Waals surface area contributed by atoms with Crippen molar-refractivity contribution in [2.45, 2.75) is 33.2 Å². The molecule has 0 fully saturated rings. The van der Waals surface area contributed by atoms with Crippen LogP contribution < -0.4 is 15.6 Å². The second-order valence-electron chi connectivity index (χ2n) is 7.43. The minimum Gasteiger partial charge on any atom is -0.492 e. The Hall–Kier alpha value is -2.93. The molecular formula is C22H25N3O3S. The van der Waals surface area contributed by atoms with E-state index in [2.05, 4.69) is 16.5 Å². The molecule has 3 aromatic rings. The third-order valence-electron chi connectivity index (χ3n) is 4.51. The summed E-state index contributed by atoms with van der Waals surface area (Å²) in [6.45, 7) is 8.05. The lowest BCUT2D eigenvalue weighted by molar-refractivity contribution is -0.129. The zero-order valence-electron chi connectivity index (χ0n) is 17.1. The fourth-order valence-electron chi connectivity index (χ4n) is 3.03. The molecule has 0 aliphatic carbocycles. The molecule has 0 unspecified atom stereocenters. The van der Waals surface area contributed by atoms with Gasteiger partial charge in [-0.15, -0.1) is 11.3 Å². The highest BCUT2D eigenvalue weighted by molar-refractivity contribution is 7.13. The van der Waals surface area contributed by atoms with Crippen molar-refractivity contribution in [2.75, 3.05) is 13.2 Å². The van der Waals surface area contributed by atoms with Crippen LogP contribution in [-0.4, -0.2) is 28.8 Å². The van der Waals surface area contributed by atoms with Gasteiger partial charge in [-0.1, -0.05) is 12.1 Å². The molecule has 29 heavy (non-hydrogen) atoms. The molecule has 2 aromatic heterocycles. The minimum atomic E-state index is -1.13. The van der Waals surface area contributed by atoms with Gasteiger partial charge in [-0.25, -0.2) is 4.68 Å². The number of nitrogens with one attached hydrogen (secondary N) is 1. The largest absolute Gasteiger partial charge is 0.492 e. The van der Waals surface area contributed by atoms with E-state index in [4.69, 9.17) is 4.74 Å². The predicted octanol–water partition coefficient (Wildman–Crippen LogP) is 3.52. The number of aryl methyl sites for hydroxylation is 2. The Balaban J connectivity index is 1.65. The lowest BCUT2D eigenvalue weighted by Gasteiger charge is -2.25.